The van der Waals surface area contributed by atoms with E-state index in [-0.39, 0.29) is 0 Å². The smallest absolute Gasteiger partial charge is 0.152 e. The van der Waals surface area contributed by atoms with Gasteiger partial charge in [-0.2, -0.15) is 0 Å². The minimum atomic E-state index is 0.384. The first-order valence-corrected chi connectivity index (χ1v) is 5.05. The SMILES string of the molecule is Nc1cccc(Oc2cccc(N)c2N)c1N. The summed E-state index contributed by atoms with van der Waals surface area (Å²) in [5.41, 5.74) is 24.6. The van der Waals surface area contributed by atoms with Gasteiger partial charge >= 0.3 is 0 Å². The molecule has 2 aromatic rings. The highest BCUT2D eigenvalue weighted by atomic mass is 16.5. The lowest BCUT2D eigenvalue weighted by molar-refractivity contribution is 0.488. The predicted molar refractivity (Wildman–Crippen MR) is 70.6 cm³/mol. The maximum absolute atomic E-state index is 5.80. The second kappa shape index (κ2) is 4.13. The van der Waals surface area contributed by atoms with Crippen LogP contribution in [0.15, 0.2) is 36.4 Å². The molecular weight excluding hydrogens is 216 g/mol. The van der Waals surface area contributed by atoms with Crippen LogP contribution in [0.4, 0.5) is 22.7 Å². The molecule has 0 saturated heterocycles. The molecular formula is C12H14N4O. The van der Waals surface area contributed by atoms with Gasteiger partial charge < -0.3 is 27.7 Å². The van der Waals surface area contributed by atoms with Gasteiger partial charge in [0, 0.05) is 0 Å². The maximum Gasteiger partial charge on any atom is 0.152 e. The summed E-state index contributed by atoms with van der Waals surface area (Å²) in [5.74, 6) is 0.921. The highest BCUT2D eigenvalue weighted by molar-refractivity contribution is 5.74. The first kappa shape index (κ1) is 10.9. The number of nitrogen functional groups attached to an aromatic ring is 4. The Hall–Kier alpha value is -2.56. The Kier molecular flexibility index (Phi) is 2.66. The van der Waals surface area contributed by atoms with Gasteiger partial charge in [-0.3, -0.25) is 0 Å². The average molecular weight is 230 g/mol. The van der Waals surface area contributed by atoms with Gasteiger partial charge in [0.2, 0.25) is 0 Å². The molecule has 0 saturated carbocycles. The average Bonchev–Trinajstić information content (AvgIpc) is 2.31. The minimum absolute atomic E-state index is 0.384. The molecule has 5 heteroatoms. The van der Waals surface area contributed by atoms with Crippen LogP contribution in [-0.4, -0.2) is 0 Å². The molecule has 5 nitrogen and oxygen atoms in total. The molecule has 0 aromatic heterocycles. The molecule has 0 aliphatic rings. The van der Waals surface area contributed by atoms with E-state index in [2.05, 4.69) is 0 Å². The van der Waals surface area contributed by atoms with Crippen molar-refractivity contribution in [2.75, 3.05) is 22.9 Å². The topological polar surface area (TPSA) is 113 Å². The van der Waals surface area contributed by atoms with Crippen LogP contribution >= 0.6 is 0 Å². The molecule has 0 bridgehead atoms. The third-order valence-corrected chi connectivity index (χ3v) is 2.42. The molecule has 0 spiro atoms. The van der Waals surface area contributed by atoms with Crippen molar-refractivity contribution in [3.63, 3.8) is 0 Å². The van der Waals surface area contributed by atoms with E-state index in [0.29, 0.717) is 34.2 Å². The zero-order chi connectivity index (χ0) is 12.4. The van der Waals surface area contributed by atoms with Crippen LogP contribution in [0.2, 0.25) is 0 Å². The molecule has 0 heterocycles. The third-order valence-electron chi connectivity index (χ3n) is 2.42. The van der Waals surface area contributed by atoms with E-state index in [1.54, 1.807) is 36.4 Å². The summed E-state index contributed by atoms with van der Waals surface area (Å²) in [7, 11) is 0. The Labute approximate surface area is 99.0 Å². The predicted octanol–water partition coefficient (Wildman–Crippen LogP) is 1.81. The van der Waals surface area contributed by atoms with E-state index in [4.69, 9.17) is 27.7 Å². The Morgan fingerprint density at radius 1 is 0.647 bits per heavy atom. The standard InChI is InChI=1S/C12H14N4O/c13-7-3-1-5-9(11(7)15)17-10-6-2-4-8(14)12(10)16/h1-6H,13-16H2. The van der Waals surface area contributed by atoms with Gasteiger partial charge in [-0.25, -0.2) is 0 Å². The van der Waals surface area contributed by atoms with Gasteiger partial charge in [-0.1, -0.05) is 12.1 Å². The molecule has 0 aliphatic heterocycles. The van der Waals surface area contributed by atoms with Crippen molar-refractivity contribution in [1.82, 2.24) is 0 Å². The number of para-hydroxylation sites is 2. The van der Waals surface area contributed by atoms with E-state index in [0.717, 1.165) is 0 Å². The maximum atomic E-state index is 5.80. The first-order valence-electron chi connectivity index (χ1n) is 5.05. The van der Waals surface area contributed by atoms with E-state index in [1.165, 1.54) is 0 Å². The summed E-state index contributed by atoms with van der Waals surface area (Å²) in [6, 6.07) is 10.3. The molecule has 0 unspecified atom stereocenters. The largest absolute Gasteiger partial charge is 0.453 e. The first-order chi connectivity index (χ1) is 8.09. The summed E-state index contributed by atoms with van der Waals surface area (Å²) in [6.07, 6.45) is 0. The molecule has 2 aromatic carbocycles. The lowest BCUT2D eigenvalue weighted by Gasteiger charge is -2.12. The number of anilines is 4. The second-order valence-corrected chi connectivity index (χ2v) is 3.62. The van der Waals surface area contributed by atoms with Crippen molar-refractivity contribution >= 4 is 22.7 Å². The van der Waals surface area contributed by atoms with Crippen LogP contribution in [0.5, 0.6) is 11.5 Å². The molecule has 17 heavy (non-hydrogen) atoms. The minimum Gasteiger partial charge on any atom is -0.453 e. The number of hydrogen-bond acceptors (Lipinski definition) is 5. The Bertz CT molecular complexity index is 505. The molecule has 0 aliphatic carbocycles. The van der Waals surface area contributed by atoms with Gasteiger partial charge in [-0.15, -0.1) is 0 Å². The number of benzene rings is 2. The molecule has 0 fully saturated rings. The lowest BCUT2D eigenvalue weighted by atomic mass is 10.2. The fourth-order valence-electron chi connectivity index (χ4n) is 1.42. The quantitative estimate of drug-likeness (QED) is 0.587. The van der Waals surface area contributed by atoms with E-state index in [1.807, 2.05) is 0 Å². The van der Waals surface area contributed by atoms with Crippen molar-refractivity contribution in [2.24, 2.45) is 0 Å². The van der Waals surface area contributed by atoms with Crippen molar-refractivity contribution in [3.05, 3.63) is 36.4 Å². The number of hydrogen-bond donors (Lipinski definition) is 4. The van der Waals surface area contributed by atoms with Crippen LogP contribution < -0.4 is 27.7 Å². The molecule has 0 amide bonds. The summed E-state index contributed by atoms with van der Waals surface area (Å²) >= 11 is 0. The normalized spacial score (nSPS) is 10.1. The van der Waals surface area contributed by atoms with Crippen LogP contribution in [0.25, 0.3) is 0 Å². The monoisotopic (exact) mass is 230 g/mol. The molecule has 8 N–H and O–H groups in total. The van der Waals surface area contributed by atoms with Crippen LogP contribution in [-0.2, 0) is 0 Å². The van der Waals surface area contributed by atoms with Crippen molar-refractivity contribution < 1.29 is 4.74 Å². The molecule has 0 atom stereocenters. The van der Waals surface area contributed by atoms with Crippen LogP contribution in [0.3, 0.4) is 0 Å². The summed E-state index contributed by atoms with van der Waals surface area (Å²) in [4.78, 5) is 0. The lowest BCUT2D eigenvalue weighted by Crippen LogP contribution is -2.00. The summed E-state index contributed by atoms with van der Waals surface area (Å²) in [6.45, 7) is 0. The highest BCUT2D eigenvalue weighted by Gasteiger charge is 2.08. The van der Waals surface area contributed by atoms with E-state index >= 15 is 0 Å². The number of nitrogens with two attached hydrogens (primary N) is 4. The van der Waals surface area contributed by atoms with E-state index in [9.17, 15) is 0 Å². The van der Waals surface area contributed by atoms with Crippen molar-refractivity contribution in [3.8, 4) is 11.5 Å². The zero-order valence-electron chi connectivity index (χ0n) is 9.18. The van der Waals surface area contributed by atoms with Crippen LogP contribution in [0.1, 0.15) is 0 Å². The Morgan fingerprint density at radius 3 is 1.47 bits per heavy atom. The zero-order valence-corrected chi connectivity index (χ0v) is 9.18. The van der Waals surface area contributed by atoms with Gasteiger partial charge in [-0.05, 0) is 24.3 Å². The Morgan fingerprint density at radius 2 is 1.06 bits per heavy atom. The van der Waals surface area contributed by atoms with Gasteiger partial charge in [0.25, 0.3) is 0 Å². The van der Waals surface area contributed by atoms with E-state index < -0.39 is 0 Å². The second-order valence-electron chi connectivity index (χ2n) is 3.62. The molecule has 0 radical (unpaired) electrons. The number of rotatable bonds is 2. The molecule has 88 valence electrons. The van der Waals surface area contributed by atoms with Crippen LogP contribution in [0, 0.1) is 0 Å². The number of ether oxygens (including phenoxy) is 1. The summed E-state index contributed by atoms with van der Waals surface area (Å²) < 4.78 is 5.59. The third kappa shape index (κ3) is 2.03. The Balaban J connectivity index is 2.38. The van der Waals surface area contributed by atoms with Crippen molar-refractivity contribution in [2.45, 2.75) is 0 Å². The van der Waals surface area contributed by atoms with Gasteiger partial charge in [0.15, 0.2) is 11.5 Å². The van der Waals surface area contributed by atoms with Crippen molar-refractivity contribution in [1.29, 1.82) is 0 Å². The van der Waals surface area contributed by atoms with Gasteiger partial charge in [0.1, 0.15) is 0 Å². The highest BCUT2D eigenvalue weighted by Crippen LogP contribution is 2.35. The fourth-order valence-corrected chi connectivity index (χ4v) is 1.42. The molecule has 2 rings (SSSR count). The fraction of sp³-hybridized carbons (Fsp3) is 0. The summed E-state index contributed by atoms with van der Waals surface area (Å²) in [5, 5.41) is 0. The van der Waals surface area contributed by atoms with Gasteiger partial charge in [0.05, 0.1) is 22.7 Å².